The molecule has 2 heterocycles. The molecule has 2 aliphatic heterocycles. The third-order valence-electron chi connectivity index (χ3n) is 9.31. The summed E-state index contributed by atoms with van der Waals surface area (Å²) in [6.45, 7) is 12.7. The Kier molecular flexibility index (Phi) is 13.2. The molecule has 1 aromatic rings. The molecule has 11 nitrogen and oxygen atoms in total. The van der Waals surface area contributed by atoms with E-state index in [-0.39, 0.29) is 47.3 Å². The Labute approximate surface area is 275 Å². The first-order valence-electron chi connectivity index (χ1n) is 16.8. The summed E-state index contributed by atoms with van der Waals surface area (Å²) in [6, 6.07) is 6.32. The van der Waals surface area contributed by atoms with Crippen LogP contribution in [0.1, 0.15) is 72.8 Å². The largest absolute Gasteiger partial charge is 0.350 e. The fraction of sp³-hybridized carbons (Fsp3) is 0.686. The molecule has 2 aliphatic rings. The zero-order valence-electron chi connectivity index (χ0n) is 29.3. The van der Waals surface area contributed by atoms with Crippen molar-refractivity contribution in [1.82, 2.24) is 30.2 Å². The number of hydrogen-bond acceptors (Lipinski definition) is 6. The van der Waals surface area contributed by atoms with Crippen LogP contribution in [0, 0.1) is 17.8 Å². The number of hydrogen-bond donors (Lipinski definition) is 2. The molecule has 2 N–H and O–H groups in total. The maximum Gasteiger partial charge on any atom is 0.246 e. The highest BCUT2D eigenvalue weighted by molar-refractivity contribution is 5.96. The second-order valence-electron chi connectivity index (χ2n) is 14.1. The van der Waals surface area contributed by atoms with Crippen LogP contribution < -0.4 is 10.6 Å². The van der Waals surface area contributed by atoms with E-state index < -0.39 is 30.2 Å². The summed E-state index contributed by atoms with van der Waals surface area (Å²) < 4.78 is 0. The Bertz CT molecular complexity index is 1210. The van der Waals surface area contributed by atoms with Gasteiger partial charge in [0.2, 0.25) is 29.5 Å². The van der Waals surface area contributed by atoms with Crippen LogP contribution in [0.5, 0.6) is 0 Å². The van der Waals surface area contributed by atoms with Crippen LogP contribution in [0.15, 0.2) is 30.3 Å². The summed E-state index contributed by atoms with van der Waals surface area (Å²) >= 11 is 0. The standard InChI is InChI=1S/C35H56N6O5/c1-22(2)28(37-32(43)29(23(3)4)38(7)8)34(45)39(9)30(24(5)6)35(46)41-20-14-18-27(41)33(44)40-19-13-17-26(40)31(42)36-21-25-15-11-10-12-16-25/h10-12,15-16,22-24,26-30H,13-14,17-21H2,1-9H3,(H,36,42)(H,37,43)/t26-,27-,28+,29-,30-/m1/s1. The summed E-state index contributed by atoms with van der Waals surface area (Å²) in [6.07, 6.45) is 2.46. The zero-order valence-corrected chi connectivity index (χ0v) is 29.3. The quantitative estimate of drug-likeness (QED) is 0.342. The smallest absolute Gasteiger partial charge is 0.246 e. The van der Waals surface area contributed by atoms with Gasteiger partial charge in [0, 0.05) is 26.7 Å². The van der Waals surface area contributed by atoms with Crippen molar-refractivity contribution in [2.75, 3.05) is 34.2 Å². The lowest BCUT2D eigenvalue weighted by molar-refractivity contribution is -0.153. The van der Waals surface area contributed by atoms with E-state index in [0.717, 1.165) is 12.0 Å². The van der Waals surface area contributed by atoms with Crippen molar-refractivity contribution < 1.29 is 24.0 Å². The molecule has 0 bridgehead atoms. The second-order valence-corrected chi connectivity index (χ2v) is 14.1. The molecule has 5 atom stereocenters. The Morgan fingerprint density at radius 3 is 1.89 bits per heavy atom. The number of amides is 5. The molecule has 2 saturated heterocycles. The molecule has 0 spiro atoms. The number of carbonyl (C=O) groups excluding carboxylic acids is 5. The van der Waals surface area contributed by atoms with Gasteiger partial charge in [0.15, 0.2) is 0 Å². The normalized spacial score (nSPS) is 20.3. The molecule has 0 saturated carbocycles. The third-order valence-corrected chi connectivity index (χ3v) is 9.31. The molecule has 1 aromatic carbocycles. The maximum atomic E-state index is 14.2. The number of rotatable bonds is 13. The summed E-state index contributed by atoms with van der Waals surface area (Å²) in [5, 5.41) is 5.94. The van der Waals surface area contributed by atoms with Crippen molar-refractivity contribution in [3.05, 3.63) is 35.9 Å². The molecule has 256 valence electrons. The molecule has 3 rings (SSSR count). The lowest BCUT2D eigenvalue weighted by Gasteiger charge is -2.38. The van der Waals surface area contributed by atoms with E-state index in [1.807, 2.05) is 90.9 Å². The summed E-state index contributed by atoms with van der Waals surface area (Å²) in [5.41, 5.74) is 0.981. The van der Waals surface area contributed by atoms with Gasteiger partial charge < -0.3 is 25.3 Å². The van der Waals surface area contributed by atoms with E-state index in [1.165, 1.54) is 4.90 Å². The van der Waals surface area contributed by atoms with Crippen molar-refractivity contribution in [3.8, 4) is 0 Å². The summed E-state index contributed by atoms with van der Waals surface area (Å²) in [7, 11) is 5.29. The molecule has 5 amide bonds. The lowest BCUT2D eigenvalue weighted by Crippen LogP contribution is -2.61. The topological polar surface area (TPSA) is 122 Å². The molecular formula is C35H56N6O5. The second kappa shape index (κ2) is 16.4. The highest BCUT2D eigenvalue weighted by atomic mass is 16.2. The van der Waals surface area contributed by atoms with Gasteiger partial charge in [-0.3, -0.25) is 28.9 Å². The summed E-state index contributed by atoms with van der Waals surface area (Å²) in [4.78, 5) is 75.1. The Morgan fingerprint density at radius 1 is 0.783 bits per heavy atom. The van der Waals surface area contributed by atoms with Crippen LogP contribution >= 0.6 is 0 Å². The number of carbonyl (C=O) groups is 5. The van der Waals surface area contributed by atoms with E-state index in [4.69, 9.17) is 0 Å². The third kappa shape index (κ3) is 8.66. The maximum absolute atomic E-state index is 14.2. The van der Waals surface area contributed by atoms with Crippen LogP contribution in [0.25, 0.3) is 0 Å². The van der Waals surface area contributed by atoms with E-state index in [0.29, 0.717) is 38.9 Å². The van der Waals surface area contributed by atoms with Crippen molar-refractivity contribution in [2.24, 2.45) is 17.8 Å². The van der Waals surface area contributed by atoms with E-state index in [9.17, 15) is 24.0 Å². The SMILES string of the molecule is CC(C)[C@H](NC(=O)[C@@H](C(C)C)N(C)C)C(=O)N(C)[C@@H](C(=O)N1CCC[C@@H]1C(=O)N1CCC[C@@H]1C(=O)NCc1ccccc1)C(C)C. The average molecular weight is 641 g/mol. The Balaban J connectivity index is 1.75. The number of likely N-dealkylation sites (N-methyl/N-ethyl adjacent to an activating group) is 2. The van der Waals surface area contributed by atoms with Gasteiger partial charge in [-0.15, -0.1) is 0 Å². The molecular weight excluding hydrogens is 584 g/mol. The number of nitrogens with zero attached hydrogens (tertiary/aromatic N) is 4. The van der Waals surface area contributed by atoms with Crippen molar-refractivity contribution >= 4 is 29.5 Å². The van der Waals surface area contributed by atoms with Crippen LogP contribution in [0.4, 0.5) is 0 Å². The van der Waals surface area contributed by atoms with Gasteiger partial charge in [-0.05, 0) is 63.1 Å². The number of benzene rings is 1. The average Bonchev–Trinajstić information content (AvgIpc) is 3.68. The number of likely N-dealkylation sites (tertiary alicyclic amines) is 2. The van der Waals surface area contributed by atoms with Crippen LogP contribution in [-0.4, -0.2) is 114 Å². The molecule has 11 heteroatoms. The fourth-order valence-electron chi connectivity index (χ4n) is 6.99. The Morgan fingerprint density at radius 2 is 1.35 bits per heavy atom. The van der Waals surface area contributed by atoms with Gasteiger partial charge in [0.1, 0.15) is 24.2 Å². The summed E-state index contributed by atoms with van der Waals surface area (Å²) in [5.74, 6) is -1.67. The number of nitrogens with one attached hydrogen (secondary N) is 2. The van der Waals surface area contributed by atoms with E-state index in [2.05, 4.69) is 10.6 Å². The molecule has 46 heavy (non-hydrogen) atoms. The lowest BCUT2D eigenvalue weighted by atomic mass is 9.96. The van der Waals surface area contributed by atoms with Gasteiger partial charge >= 0.3 is 0 Å². The van der Waals surface area contributed by atoms with Crippen molar-refractivity contribution in [3.63, 3.8) is 0 Å². The van der Waals surface area contributed by atoms with Gasteiger partial charge in [-0.2, -0.15) is 0 Å². The first kappa shape index (κ1) is 37.0. The molecule has 0 aliphatic carbocycles. The predicted molar refractivity (Wildman–Crippen MR) is 178 cm³/mol. The van der Waals surface area contributed by atoms with Crippen LogP contribution in [0.3, 0.4) is 0 Å². The minimum Gasteiger partial charge on any atom is -0.350 e. The van der Waals surface area contributed by atoms with Gasteiger partial charge in [-0.1, -0.05) is 71.9 Å². The zero-order chi connectivity index (χ0) is 34.3. The minimum absolute atomic E-state index is 0.0374. The van der Waals surface area contributed by atoms with Crippen LogP contribution in [-0.2, 0) is 30.5 Å². The van der Waals surface area contributed by atoms with Crippen molar-refractivity contribution in [2.45, 2.75) is 104 Å². The Hall–Kier alpha value is -3.47. The first-order chi connectivity index (χ1) is 21.7. The molecule has 0 aromatic heterocycles. The van der Waals surface area contributed by atoms with Gasteiger partial charge in [0.25, 0.3) is 0 Å². The molecule has 0 radical (unpaired) electrons. The molecule has 2 fully saturated rings. The fourth-order valence-corrected chi connectivity index (χ4v) is 6.99. The minimum atomic E-state index is -0.822. The van der Waals surface area contributed by atoms with Crippen LogP contribution in [0.2, 0.25) is 0 Å². The predicted octanol–water partition coefficient (Wildman–Crippen LogP) is 2.49. The van der Waals surface area contributed by atoms with Gasteiger partial charge in [-0.25, -0.2) is 0 Å². The van der Waals surface area contributed by atoms with E-state index >= 15 is 0 Å². The monoisotopic (exact) mass is 640 g/mol. The highest BCUT2D eigenvalue weighted by Crippen LogP contribution is 2.28. The van der Waals surface area contributed by atoms with Gasteiger partial charge in [0.05, 0.1) is 6.04 Å². The highest BCUT2D eigenvalue weighted by Gasteiger charge is 2.45. The van der Waals surface area contributed by atoms with E-state index in [1.54, 1.807) is 16.8 Å². The van der Waals surface area contributed by atoms with Crippen molar-refractivity contribution in [1.29, 1.82) is 0 Å². The molecule has 0 unspecified atom stereocenters. The first-order valence-corrected chi connectivity index (χ1v) is 16.8.